The van der Waals surface area contributed by atoms with Crippen LogP contribution in [0.3, 0.4) is 0 Å². The summed E-state index contributed by atoms with van der Waals surface area (Å²) in [6, 6.07) is 4.39. The van der Waals surface area contributed by atoms with E-state index in [1.807, 2.05) is 0 Å². The summed E-state index contributed by atoms with van der Waals surface area (Å²) in [7, 11) is 0. The van der Waals surface area contributed by atoms with Crippen LogP contribution >= 0.6 is 11.3 Å². The molecule has 1 N–H and O–H groups in total. The van der Waals surface area contributed by atoms with E-state index in [1.165, 1.54) is 22.2 Å². The molecule has 96 valence electrons. The van der Waals surface area contributed by atoms with Crippen molar-refractivity contribution >= 4 is 26.7 Å². The second kappa shape index (κ2) is 4.86. The first-order valence-corrected chi connectivity index (χ1v) is 7.27. The molecular formula is C14H18N2OS. The molecule has 3 rings (SSSR count). The Kier molecular flexibility index (Phi) is 3.22. The molecular weight excluding hydrogens is 244 g/mol. The number of aromatic nitrogens is 1. The Morgan fingerprint density at radius 3 is 3.00 bits per heavy atom. The Morgan fingerprint density at radius 2 is 2.22 bits per heavy atom. The van der Waals surface area contributed by atoms with Crippen LogP contribution in [0.25, 0.3) is 10.2 Å². The molecule has 1 aliphatic rings. The second-order valence-electron chi connectivity index (χ2n) is 4.94. The topological polar surface area (TPSA) is 34.2 Å². The SMILES string of the molecule is Cc1cc2nc(NCC3CCCO3)sc2cc1C. The van der Waals surface area contributed by atoms with Crippen LogP contribution in [0.15, 0.2) is 12.1 Å². The highest BCUT2D eigenvalue weighted by atomic mass is 32.1. The van der Waals surface area contributed by atoms with E-state index in [9.17, 15) is 0 Å². The van der Waals surface area contributed by atoms with Crippen molar-refractivity contribution in [3.63, 3.8) is 0 Å². The van der Waals surface area contributed by atoms with Gasteiger partial charge in [-0.05, 0) is 49.9 Å². The number of hydrogen-bond acceptors (Lipinski definition) is 4. The van der Waals surface area contributed by atoms with Gasteiger partial charge in [0.05, 0.1) is 16.3 Å². The van der Waals surface area contributed by atoms with Crippen molar-refractivity contribution in [2.45, 2.75) is 32.8 Å². The molecule has 2 aromatic rings. The Bertz CT molecular complexity index is 519. The average Bonchev–Trinajstić information content (AvgIpc) is 2.96. The van der Waals surface area contributed by atoms with Gasteiger partial charge in [-0.25, -0.2) is 4.98 Å². The fourth-order valence-corrected chi connectivity index (χ4v) is 3.21. The minimum Gasteiger partial charge on any atom is -0.376 e. The third-order valence-corrected chi connectivity index (χ3v) is 4.48. The minimum atomic E-state index is 0.362. The van der Waals surface area contributed by atoms with Crippen molar-refractivity contribution in [2.75, 3.05) is 18.5 Å². The summed E-state index contributed by atoms with van der Waals surface area (Å²) < 4.78 is 6.86. The van der Waals surface area contributed by atoms with Gasteiger partial charge < -0.3 is 10.1 Å². The van der Waals surface area contributed by atoms with Crippen LogP contribution in [0.1, 0.15) is 24.0 Å². The first-order chi connectivity index (χ1) is 8.72. The van der Waals surface area contributed by atoms with Gasteiger partial charge in [-0.3, -0.25) is 0 Å². The van der Waals surface area contributed by atoms with Crippen molar-refractivity contribution in [2.24, 2.45) is 0 Å². The molecule has 1 aromatic carbocycles. The molecule has 4 heteroatoms. The molecule has 1 aliphatic heterocycles. The maximum atomic E-state index is 5.60. The molecule has 1 atom stereocenters. The number of hydrogen-bond donors (Lipinski definition) is 1. The highest BCUT2D eigenvalue weighted by Gasteiger charge is 2.15. The van der Waals surface area contributed by atoms with E-state index in [-0.39, 0.29) is 0 Å². The molecule has 0 saturated carbocycles. The number of thiazole rings is 1. The summed E-state index contributed by atoms with van der Waals surface area (Å²) in [5.41, 5.74) is 3.73. The summed E-state index contributed by atoms with van der Waals surface area (Å²) in [4.78, 5) is 4.63. The third-order valence-electron chi connectivity index (χ3n) is 3.51. The lowest BCUT2D eigenvalue weighted by Crippen LogP contribution is -2.18. The molecule has 0 aliphatic carbocycles. The number of nitrogens with zero attached hydrogens (tertiary/aromatic N) is 1. The van der Waals surface area contributed by atoms with Crippen LogP contribution in [-0.4, -0.2) is 24.2 Å². The number of benzene rings is 1. The number of fused-ring (bicyclic) bond motifs is 1. The van der Waals surface area contributed by atoms with Gasteiger partial charge in [-0.15, -0.1) is 0 Å². The van der Waals surface area contributed by atoms with E-state index >= 15 is 0 Å². The monoisotopic (exact) mass is 262 g/mol. The van der Waals surface area contributed by atoms with Crippen molar-refractivity contribution in [3.8, 4) is 0 Å². The van der Waals surface area contributed by atoms with E-state index in [0.717, 1.165) is 30.2 Å². The lowest BCUT2D eigenvalue weighted by Gasteiger charge is -2.08. The summed E-state index contributed by atoms with van der Waals surface area (Å²) in [5.74, 6) is 0. The Labute approximate surface area is 111 Å². The van der Waals surface area contributed by atoms with Gasteiger partial charge in [0.1, 0.15) is 0 Å². The first kappa shape index (κ1) is 11.9. The molecule has 0 bridgehead atoms. The minimum absolute atomic E-state index is 0.362. The van der Waals surface area contributed by atoms with E-state index in [0.29, 0.717) is 6.10 Å². The van der Waals surface area contributed by atoms with E-state index in [4.69, 9.17) is 4.74 Å². The number of rotatable bonds is 3. The standard InChI is InChI=1S/C14H18N2OS/c1-9-6-12-13(7-10(9)2)18-14(16-12)15-8-11-4-3-5-17-11/h6-7,11H,3-5,8H2,1-2H3,(H,15,16). The first-order valence-electron chi connectivity index (χ1n) is 6.45. The van der Waals surface area contributed by atoms with Gasteiger partial charge in [0.25, 0.3) is 0 Å². The number of anilines is 1. The Balaban J connectivity index is 1.76. The van der Waals surface area contributed by atoms with Gasteiger partial charge in [0, 0.05) is 13.2 Å². The van der Waals surface area contributed by atoms with Gasteiger partial charge in [0.15, 0.2) is 5.13 Å². The average molecular weight is 262 g/mol. The maximum absolute atomic E-state index is 5.60. The van der Waals surface area contributed by atoms with Crippen LogP contribution in [0.4, 0.5) is 5.13 Å². The van der Waals surface area contributed by atoms with Crippen molar-refractivity contribution < 1.29 is 4.74 Å². The summed E-state index contributed by atoms with van der Waals surface area (Å²) in [5, 5.41) is 4.40. The lowest BCUT2D eigenvalue weighted by atomic mass is 10.1. The lowest BCUT2D eigenvalue weighted by molar-refractivity contribution is 0.120. The molecule has 2 heterocycles. The molecule has 1 fully saturated rings. The number of ether oxygens (including phenoxy) is 1. The van der Waals surface area contributed by atoms with E-state index in [1.54, 1.807) is 11.3 Å². The fourth-order valence-electron chi connectivity index (χ4n) is 2.26. The predicted molar refractivity (Wildman–Crippen MR) is 76.6 cm³/mol. The highest BCUT2D eigenvalue weighted by Crippen LogP contribution is 2.28. The van der Waals surface area contributed by atoms with Crippen molar-refractivity contribution in [1.82, 2.24) is 4.98 Å². The molecule has 1 saturated heterocycles. The highest BCUT2D eigenvalue weighted by molar-refractivity contribution is 7.22. The fraction of sp³-hybridized carbons (Fsp3) is 0.500. The molecule has 3 nitrogen and oxygen atoms in total. The number of aryl methyl sites for hydroxylation is 2. The van der Waals surface area contributed by atoms with Gasteiger partial charge in [-0.1, -0.05) is 11.3 Å². The van der Waals surface area contributed by atoms with E-state index in [2.05, 4.69) is 36.3 Å². The Hall–Kier alpha value is -1.13. The van der Waals surface area contributed by atoms with E-state index < -0.39 is 0 Å². The third kappa shape index (κ3) is 2.35. The zero-order valence-electron chi connectivity index (χ0n) is 10.8. The second-order valence-corrected chi connectivity index (χ2v) is 5.97. The molecule has 0 amide bonds. The van der Waals surface area contributed by atoms with Gasteiger partial charge in [-0.2, -0.15) is 0 Å². The largest absolute Gasteiger partial charge is 0.376 e. The quantitative estimate of drug-likeness (QED) is 0.919. The normalized spacial score (nSPS) is 19.6. The van der Waals surface area contributed by atoms with Crippen LogP contribution in [0.2, 0.25) is 0 Å². The zero-order valence-corrected chi connectivity index (χ0v) is 11.6. The van der Waals surface area contributed by atoms with Gasteiger partial charge >= 0.3 is 0 Å². The molecule has 18 heavy (non-hydrogen) atoms. The summed E-state index contributed by atoms with van der Waals surface area (Å²) in [6.45, 7) is 6.06. The Morgan fingerprint density at radius 1 is 1.39 bits per heavy atom. The van der Waals surface area contributed by atoms with Crippen molar-refractivity contribution in [3.05, 3.63) is 23.3 Å². The number of nitrogens with one attached hydrogen (secondary N) is 1. The maximum Gasteiger partial charge on any atom is 0.183 e. The van der Waals surface area contributed by atoms with Gasteiger partial charge in [0.2, 0.25) is 0 Å². The molecule has 1 aromatic heterocycles. The van der Waals surface area contributed by atoms with Crippen molar-refractivity contribution in [1.29, 1.82) is 0 Å². The van der Waals surface area contributed by atoms with Crippen LogP contribution in [0.5, 0.6) is 0 Å². The summed E-state index contributed by atoms with van der Waals surface area (Å²) in [6.07, 6.45) is 2.71. The smallest absolute Gasteiger partial charge is 0.183 e. The van der Waals surface area contributed by atoms with Crippen LogP contribution < -0.4 is 5.32 Å². The molecule has 1 unspecified atom stereocenters. The predicted octanol–water partition coefficient (Wildman–Crippen LogP) is 3.50. The van der Waals surface area contributed by atoms with Crippen LogP contribution in [0, 0.1) is 13.8 Å². The zero-order chi connectivity index (χ0) is 12.5. The molecule has 0 radical (unpaired) electrons. The van der Waals surface area contributed by atoms with Crippen LogP contribution in [-0.2, 0) is 4.74 Å². The molecule has 0 spiro atoms. The summed E-state index contributed by atoms with van der Waals surface area (Å²) >= 11 is 1.73.